The molecule has 1 aromatic carbocycles. The molecule has 30 heavy (non-hydrogen) atoms. The van der Waals surface area contributed by atoms with Gasteiger partial charge in [0.25, 0.3) is 15.9 Å². The van der Waals surface area contributed by atoms with E-state index in [-0.39, 0.29) is 20.7 Å². The molecule has 1 aromatic heterocycles. The molecule has 1 fully saturated rings. The molecule has 0 aliphatic carbocycles. The zero-order valence-corrected chi connectivity index (χ0v) is 18.7. The number of benzene rings is 1. The lowest BCUT2D eigenvalue weighted by molar-refractivity contribution is -0.146. The lowest BCUT2D eigenvalue weighted by Crippen LogP contribution is -2.40. The predicted octanol–water partition coefficient (Wildman–Crippen LogP) is 2.80. The standard InChI is InChI=1S/C18H18Cl2N2O6S2/c19-13-2-1-3-14(18(13)20)21-15(23)11-28-16(24)10-12-4-5-17(29-12)30(25,26)22-6-8-27-9-7-22/h1-5H,6-11H2,(H,21,23). The first-order chi connectivity index (χ1) is 14.3. The van der Waals surface area contributed by atoms with Crippen LogP contribution in [0.1, 0.15) is 4.88 Å². The number of thiophene rings is 1. The summed E-state index contributed by atoms with van der Waals surface area (Å²) >= 11 is 12.9. The average Bonchev–Trinajstić information content (AvgIpc) is 3.20. The van der Waals surface area contributed by atoms with Gasteiger partial charge in [-0.3, -0.25) is 9.59 Å². The summed E-state index contributed by atoms with van der Waals surface area (Å²) in [7, 11) is -3.61. The molecule has 162 valence electrons. The molecular formula is C18H18Cl2N2O6S2. The van der Waals surface area contributed by atoms with Crippen LogP contribution in [0, 0.1) is 0 Å². The van der Waals surface area contributed by atoms with Crippen molar-refractivity contribution in [2.75, 3.05) is 38.2 Å². The van der Waals surface area contributed by atoms with Crippen LogP contribution >= 0.6 is 34.5 Å². The van der Waals surface area contributed by atoms with E-state index in [9.17, 15) is 18.0 Å². The molecular weight excluding hydrogens is 475 g/mol. The molecule has 2 heterocycles. The van der Waals surface area contributed by atoms with Crippen molar-refractivity contribution in [3.8, 4) is 0 Å². The van der Waals surface area contributed by atoms with Gasteiger partial charge in [0.1, 0.15) is 4.21 Å². The summed E-state index contributed by atoms with van der Waals surface area (Å²) in [6, 6.07) is 7.79. The summed E-state index contributed by atoms with van der Waals surface area (Å²) in [5, 5.41) is 2.98. The molecule has 1 aliphatic heterocycles. The van der Waals surface area contributed by atoms with Crippen molar-refractivity contribution >= 4 is 62.1 Å². The summed E-state index contributed by atoms with van der Waals surface area (Å²) in [4.78, 5) is 24.5. The number of sulfonamides is 1. The van der Waals surface area contributed by atoms with E-state index in [1.165, 1.54) is 10.4 Å². The Balaban J connectivity index is 1.52. The molecule has 8 nitrogen and oxygen atoms in total. The van der Waals surface area contributed by atoms with E-state index in [0.717, 1.165) is 11.3 Å². The van der Waals surface area contributed by atoms with E-state index in [1.807, 2.05) is 0 Å². The normalized spacial score (nSPS) is 15.0. The van der Waals surface area contributed by atoms with Crippen molar-refractivity contribution in [1.29, 1.82) is 0 Å². The zero-order valence-electron chi connectivity index (χ0n) is 15.6. The second kappa shape index (κ2) is 10.1. The average molecular weight is 493 g/mol. The second-order valence-corrected chi connectivity index (χ2v) is 10.3. The maximum absolute atomic E-state index is 12.6. The first-order valence-electron chi connectivity index (χ1n) is 8.83. The van der Waals surface area contributed by atoms with Crippen LogP contribution in [0.25, 0.3) is 0 Å². The van der Waals surface area contributed by atoms with Crippen LogP contribution in [-0.4, -0.2) is 57.5 Å². The van der Waals surface area contributed by atoms with Crippen LogP contribution in [0.3, 0.4) is 0 Å². The zero-order chi connectivity index (χ0) is 21.7. The number of amides is 1. The highest BCUT2D eigenvalue weighted by atomic mass is 35.5. The van der Waals surface area contributed by atoms with Gasteiger partial charge >= 0.3 is 5.97 Å². The van der Waals surface area contributed by atoms with Crippen LogP contribution in [0.5, 0.6) is 0 Å². The summed E-state index contributed by atoms with van der Waals surface area (Å²) < 4.78 is 36.9. The largest absolute Gasteiger partial charge is 0.455 e. The number of anilines is 1. The number of esters is 1. The van der Waals surface area contributed by atoms with Gasteiger partial charge in [0, 0.05) is 18.0 Å². The molecule has 0 unspecified atom stereocenters. The Kier molecular flexibility index (Phi) is 7.72. The maximum atomic E-state index is 12.6. The molecule has 1 aliphatic rings. The first-order valence-corrected chi connectivity index (χ1v) is 11.8. The molecule has 12 heteroatoms. The minimum Gasteiger partial charge on any atom is -0.455 e. The number of halogens is 2. The van der Waals surface area contributed by atoms with Gasteiger partial charge in [0.15, 0.2) is 6.61 Å². The van der Waals surface area contributed by atoms with Gasteiger partial charge in [-0.05, 0) is 24.3 Å². The SMILES string of the molecule is O=C(COC(=O)Cc1ccc(S(=O)(=O)N2CCOCC2)s1)Nc1cccc(Cl)c1Cl. The fraction of sp³-hybridized carbons (Fsp3) is 0.333. The molecule has 0 saturated carbocycles. The van der Waals surface area contributed by atoms with Gasteiger partial charge in [0.2, 0.25) is 0 Å². The third kappa shape index (κ3) is 5.71. The Labute approximate surface area is 187 Å². The number of nitrogens with zero attached hydrogens (tertiary/aromatic N) is 1. The monoisotopic (exact) mass is 492 g/mol. The molecule has 1 amide bonds. The fourth-order valence-electron chi connectivity index (χ4n) is 2.63. The Morgan fingerprint density at radius 2 is 1.90 bits per heavy atom. The molecule has 0 bridgehead atoms. The third-order valence-electron chi connectivity index (χ3n) is 4.11. The Bertz CT molecular complexity index is 1040. The fourth-order valence-corrected chi connectivity index (χ4v) is 5.88. The number of hydrogen-bond acceptors (Lipinski definition) is 7. The van der Waals surface area contributed by atoms with E-state index >= 15 is 0 Å². The molecule has 3 rings (SSSR count). The summed E-state index contributed by atoms with van der Waals surface area (Å²) in [5.41, 5.74) is 0.307. The quantitative estimate of drug-likeness (QED) is 0.596. The molecule has 0 atom stereocenters. The lowest BCUT2D eigenvalue weighted by Gasteiger charge is -2.25. The van der Waals surface area contributed by atoms with Crippen LogP contribution in [-0.2, 0) is 35.5 Å². The molecule has 0 spiro atoms. The van der Waals surface area contributed by atoms with Gasteiger partial charge in [0.05, 0.1) is 35.4 Å². The van der Waals surface area contributed by atoms with E-state index in [1.54, 1.807) is 24.3 Å². The third-order valence-corrected chi connectivity index (χ3v) is 8.38. The van der Waals surface area contributed by atoms with Gasteiger partial charge in [-0.1, -0.05) is 29.3 Å². The van der Waals surface area contributed by atoms with Gasteiger partial charge in [-0.15, -0.1) is 11.3 Å². The molecule has 1 saturated heterocycles. The minimum atomic E-state index is -3.61. The maximum Gasteiger partial charge on any atom is 0.311 e. The first kappa shape index (κ1) is 23.0. The van der Waals surface area contributed by atoms with E-state index in [4.69, 9.17) is 32.7 Å². The molecule has 0 radical (unpaired) electrons. The molecule has 2 aromatic rings. The number of carbonyl (C=O) groups is 2. The van der Waals surface area contributed by atoms with E-state index in [2.05, 4.69) is 5.32 Å². The number of rotatable bonds is 7. The van der Waals surface area contributed by atoms with E-state index in [0.29, 0.717) is 36.9 Å². The Hall–Kier alpha value is -1.69. The van der Waals surface area contributed by atoms with Crippen LogP contribution < -0.4 is 5.32 Å². The minimum absolute atomic E-state index is 0.144. The lowest BCUT2D eigenvalue weighted by atomic mass is 10.3. The Morgan fingerprint density at radius 3 is 2.63 bits per heavy atom. The highest BCUT2D eigenvalue weighted by molar-refractivity contribution is 7.91. The number of carbonyl (C=O) groups excluding carboxylic acids is 2. The number of morpholine rings is 1. The Morgan fingerprint density at radius 1 is 1.17 bits per heavy atom. The van der Waals surface area contributed by atoms with Crippen LogP contribution in [0.2, 0.25) is 10.0 Å². The topological polar surface area (TPSA) is 102 Å². The van der Waals surface area contributed by atoms with Crippen molar-refractivity contribution in [2.45, 2.75) is 10.6 Å². The summed E-state index contributed by atoms with van der Waals surface area (Å²) in [6.45, 7) is 0.789. The van der Waals surface area contributed by atoms with Crippen molar-refractivity contribution in [2.24, 2.45) is 0 Å². The van der Waals surface area contributed by atoms with Crippen LogP contribution in [0.15, 0.2) is 34.5 Å². The summed E-state index contributed by atoms with van der Waals surface area (Å²) in [5.74, 6) is -1.23. The van der Waals surface area contributed by atoms with Crippen molar-refractivity contribution in [3.05, 3.63) is 45.3 Å². The van der Waals surface area contributed by atoms with Crippen molar-refractivity contribution in [1.82, 2.24) is 4.31 Å². The predicted molar refractivity (Wildman–Crippen MR) is 114 cm³/mol. The molecule has 1 N–H and O–H groups in total. The summed E-state index contributed by atoms with van der Waals surface area (Å²) in [6.07, 6.45) is -0.144. The van der Waals surface area contributed by atoms with Crippen LogP contribution in [0.4, 0.5) is 5.69 Å². The van der Waals surface area contributed by atoms with Crippen molar-refractivity contribution in [3.63, 3.8) is 0 Å². The smallest absolute Gasteiger partial charge is 0.311 e. The van der Waals surface area contributed by atoms with Gasteiger partial charge < -0.3 is 14.8 Å². The van der Waals surface area contributed by atoms with Gasteiger partial charge in [-0.25, -0.2) is 8.42 Å². The van der Waals surface area contributed by atoms with Crippen molar-refractivity contribution < 1.29 is 27.5 Å². The number of nitrogens with one attached hydrogen (secondary N) is 1. The number of hydrogen-bond donors (Lipinski definition) is 1. The van der Waals surface area contributed by atoms with Gasteiger partial charge in [-0.2, -0.15) is 4.31 Å². The number of ether oxygens (including phenoxy) is 2. The van der Waals surface area contributed by atoms with E-state index < -0.39 is 28.5 Å². The highest BCUT2D eigenvalue weighted by Gasteiger charge is 2.28. The second-order valence-electron chi connectivity index (χ2n) is 6.22. The highest BCUT2D eigenvalue weighted by Crippen LogP contribution is 2.29.